The van der Waals surface area contributed by atoms with Gasteiger partial charge in [0.15, 0.2) is 0 Å². The van der Waals surface area contributed by atoms with E-state index < -0.39 is 5.97 Å². The van der Waals surface area contributed by atoms with Crippen molar-refractivity contribution in [3.8, 4) is 16.9 Å². The van der Waals surface area contributed by atoms with Crippen molar-refractivity contribution >= 4 is 5.97 Å². The summed E-state index contributed by atoms with van der Waals surface area (Å²) in [4.78, 5) is 11.2. The van der Waals surface area contributed by atoms with E-state index in [-0.39, 0.29) is 0 Å². The van der Waals surface area contributed by atoms with Crippen LogP contribution in [0.4, 0.5) is 0 Å². The molecule has 2 aromatic rings. The second-order valence-electron chi connectivity index (χ2n) is 7.28. The van der Waals surface area contributed by atoms with Crippen LogP contribution in [0.15, 0.2) is 61.2 Å². The van der Waals surface area contributed by atoms with E-state index in [9.17, 15) is 4.79 Å². The van der Waals surface area contributed by atoms with Gasteiger partial charge in [-0.1, -0.05) is 62.7 Å². The molecule has 0 saturated heterocycles. The number of rotatable bonds is 6. The smallest absolute Gasteiger partial charge is 0.335 e. The van der Waals surface area contributed by atoms with Crippen molar-refractivity contribution in [2.24, 2.45) is 5.92 Å². The SMILES string of the molecule is C=CC(=O)Oc1ccc(-c2ccc(C3CCC(CCC)CC3)cc2)cc1. The van der Waals surface area contributed by atoms with Crippen LogP contribution in [0.1, 0.15) is 56.9 Å². The Balaban J connectivity index is 1.62. The summed E-state index contributed by atoms with van der Waals surface area (Å²) in [5.74, 6) is 1.77. The monoisotopic (exact) mass is 348 g/mol. The molecule has 0 atom stereocenters. The van der Waals surface area contributed by atoms with Crippen LogP contribution in [-0.4, -0.2) is 5.97 Å². The van der Waals surface area contributed by atoms with Crippen LogP contribution in [0.5, 0.6) is 5.75 Å². The molecule has 0 spiro atoms. The van der Waals surface area contributed by atoms with Crippen LogP contribution in [0.25, 0.3) is 11.1 Å². The molecule has 0 radical (unpaired) electrons. The maximum absolute atomic E-state index is 11.2. The van der Waals surface area contributed by atoms with Gasteiger partial charge in [0.25, 0.3) is 0 Å². The molecule has 1 aliphatic rings. The molecule has 0 unspecified atom stereocenters. The van der Waals surface area contributed by atoms with Crippen LogP contribution < -0.4 is 4.74 Å². The minimum atomic E-state index is -0.434. The third-order valence-corrected chi connectivity index (χ3v) is 5.50. The first kappa shape index (κ1) is 18.4. The highest BCUT2D eigenvalue weighted by molar-refractivity contribution is 5.83. The van der Waals surface area contributed by atoms with Crippen LogP contribution in [0.3, 0.4) is 0 Å². The van der Waals surface area contributed by atoms with Gasteiger partial charge in [-0.2, -0.15) is 0 Å². The highest BCUT2D eigenvalue weighted by Crippen LogP contribution is 2.38. The molecule has 2 nitrogen and oxygen atoms in total. The fourth-order valence-corrected chi connectivity index (χ4v) is 4.01. The molecule has 0 aromatic heterocycles. The number of carbonyl (C=O) groups excluding carboxylic acids is 1. The zero-order chi connectivity index (χ0) is 18.4. The van der Waals surface area contributed by atoms with Crippen LogP contribution >= 0.6 is 0 Å². The van der Waals surface area contributed by atoms with E-state index in [1.54, 1.807) is 0 Å². The van der Waals surface area contributed by atoms with Gasteiger partial charge in [0.05, 0.1) is 0 Å². The third-order valence-electron chi connectivity index (χ3n) is 5.50. The van der Waals surface area contributed by atoms with Crippen molar-refractivity contribution in [2.45, 2.75) is 51.4 Å². The normalized spacial score (nSPS) is 19.7. The Kier molecular flexibility index (Phi) is 6.27. The predicted molar refractivity (Wildman–Crippen MR) is 107 cm³/mol. The molecule has 136 valence electrons. The fourth-order valence-electron chi connectivity index (χ4n) is 4.01. The van der Waals surface area contributed by atoms with Gasteiger partial charge in [-0.25, -0.2) is 4.79 Å². The molecule has 1 fully saturated rings. The Hall–Kier alpha value is -2.35. The van der Waals surface area contributed by atoms with Crippen LogP contribution in [-0.2, 0) is 4.79 Å². The maximum Gasteiger partial charge on any atom is 0.335 e. The number of carbonyl (C=O) groups is 1. The zero-order valence-electron chi connectivity index (χ0n) is 15.6. The minimum Gasteiger partial charge on any atom is -0.423 e. The zero-order valence-corrected chi connectivity index (χ0v) is 15.6. The molecule has 0 heterocycles. The summed E-state index contributed by atoms with van der Waals surface area (Å²) in [6.45, 7) is 5.70. The Morgan fingerprint density at radius 3 is 2.12 bits per heavy atom. The molecule has 2 heteroatoms. The summed E-state index contributed by atoms with van der Waals surface area (Å²) in [6, 6.07) is 16.6. The summed E-state index contributed by atoms with van der Waals surface area (Å²) in [6.07, 6.45) is 9.29. The Morgan fingerprint density at radius 1 is 1.00 bits per heavy atom. The van der Waals surface area contributed by atoms with E-state index in [0.29, 0.717) is 5.75 Å². The lowest BCUT2D eigenvalue weighted by Crippen LogP contribution is -2.13. The molecular weight excluding hydrogens is 320 g/mol. The van der Waals surface area contributed by atoms with Crippen molar-refractivity contribution in [3.63, 3.8) is 0 Å². The first-order valence-corrected chi connectivity index (χ1v) is 9.74. The number of hydrogen-bond acceptors (Lipinski definition) is 2. The van der Waals surface area contributed by atoms with Gasteiger partial charge in [-0.3, -0.25) is 0 Å². The second-order valence-corrected chi connectivity index (χ2v) is 7.28. The molecular formula is C24H28O2. The lowest BCUT2D eigenvalue weighted by molar-refractivity contribution is -0.128. The fraction of sp³-hybridized carbons (Fsp3) is 0.375. The standard InChI is InChI=1S/C24H28O2/c1-3-5-18-6-8-19(9-7-18)20-10-12-21(13-11-20)22-14-16-23(17-15-22)26-24(25)4-2/h4,10-19H,2-3,5-9H2,1H3. The predicted octanol–water partition coefficient (Wildman–Crippen LogP) is 6.52. The first-order chi connectivity index (χ1) is 12.7. The lowest BCUT2D eigenvalue weighted by atomic mass is 9.77. The van der Waals surface area contributed by atoms with E-state index >= 15 is 0 Å². The maximum atomic E-state index is 11.2. The average molecular weight is 348 g/mol. The molecule has 3 rings (SSSR count). The Bertz CT molecular complexity index is 720. The molecule has 0 amide bonds. The van der Waals surface area contributed by atoms with Gasteiger partial charge >= 0.3 is 5.97 Å². The topological polar surface area (TPSA) is 26.3 Å². The van der Waals surface area contributed by atoms with E-state index in [2.05, 4.69) is 37.8 Å². The quantitative estimate of drug-likeness (QED) is 0.337. The average Bonchev–Trinajstić information content (AvgIpc) is 2.69. The van der Waals surface area contributed by atoms with Crippen LogP contribution in [0, 0.1) is 5.92 Å². The van der Waals surface area contributed by atoms with Crippen molar-refractivity contribution in [1.82, 2.24) is 0 Å². The molecule has 0 bridgehead atoms. The molecule has 2 aromatic carbocycles. The minimum absolute atomic E-state index is 0.434. The molecule has 1 aliphatic carbocycles. The number of benzene rings is 2. The molecule has 26 heavy (non-hydrogen) atoms. The van der Waals surface area contributed by atoms with Crippen molar-refractivity contribution < 1.29 is 9.53 Å². The van der Waals surface area contributed by atoms with Gasteiger partial charge in [0.2, 0.25) is 0 Å². The van der Waals surface area contributed by atoms with Crippen LogP contribution in [0.2, 0.25) is 0 Å². The summed E-state index contributed by atoms with van der Waals surface area (Å²) < 4.78 is 5.12. The van der Waals surface area contributed by atoms with Gasteiger partial charge in [0, 0.05) is 6.08 Å². The van der Waals surface area contributed by atoms with Gasteiger partial charge in [-0.05, 0) is 66.3 Å². The summed E-state index contributed by atoms with van der Waals surface area (Å²) >= 11 is 0. The number of hydrogen-bond donors (Lipinski definition) is 0. The largest absolute Gasteiger partial charge is 0.423 e. The molecule has 1 saturated carbocycles. The third kappa shape index (κ3) is 4.63. The highest BCUT2D eigenvalue weighted by atomic mass is 16.5. The van der Waals surface area contributed by atoms with E-state index in [1.807, 2.05) is 24.3 Å². The number of ether oxygens (including phenoxy) is 1. The van der Waals surface area contributed by atoms with Gasteiger partial charge < -0.3 is 4.74 Å². The first-order valence-electron chi connectivity index (χ1n) is 9.74. The summed E-state index contributed by atoms with van der Waals surface area (Å²) in [5, 5.41) is 0. The van der Waals surface area contributed by atoms with E-state index in [1.165, 1.54) is 55.7 Å². The van der Waals surface area contributed by atoms with Gasteiger partial charge in [0.1, 0.15) is 5.75 Å². The van der Waals surface area contributed by atoms with E-state index in [4.69, 9.17) is 4.74 Å². The molecule has 0 N–H and O–H groups in total. The lowest BCUT2D eigenvalue weighted by Gasteiger charge is -2.28. The second kappa shape index (κ2) is 8.84. The van der Waals surface area contributed by atoms with E-state index in [0.717, 1.165) is 17.4 Å². The van der Waals surface area contributed by atoms with Crippen molar-refractivity contribution in [2.75, 3.05) is 0 Å². The number of esters is 1. The summed E-state index contributed by atoms with van der Waals surface area (Å²) in [5.41, 5.74) is 3.79. The highest BCUT2D eigenvalue weighted by Gasteiger charge is 2.21. The van der Waals surface area contributed by atoms with Crippen molar-refractivity contribution in [1.29, 1.82) is 0 Å². The molecule has 0 aliphatic heterocycles. The summed E-state index contributed by atoms with van der Waals surface area (Å²) in [7, 11) is 0. The Morgan fingerprint density at radius 2 is 1.58 bits per heavy atom. The van der Waals surface area contributed by atoms with Gasteiger partial charge in [-0.15, -0.1) is 0 Å². The van der Waals surface area contributed by atoms with Crippen molar-refractivity contribution in [3.05, 3.63) is 66.7 Å². The Labute approximate surface area is 156 Å².